The van der Waals surface area contributed by atoms with Crippen LogP contribution < -0.4 is 20.3 Å². The Bertz CT molecular complexity index is 661. The van der Waals surface area contributed by atoms with Crippen LogP contribution in [-0.2, 0) is 6.42 Å². The summed E-state index contributed by atoms with van der Waals surface area (Å²) >= 11 is 0. The number of para-hydroxylation sites is 1. The lowest BCUT2D eigenvalue weighted by Gasteiger charge is -2.20. The van der Waals surface area contributed by atoms with Crippen molar-refractivity contribution in [3.8, 4) is 5.75 Å². The SMILES string of the molecule is COc1cccc(CC(C)NC(=O)NCCN(C)c2ccccc2)c1. The van der Waals surface area contributed by atoms with Crippen molar-refractivity contribution in [2.75, 3.05) is 32.1 Å². The fourth-order valence-corrected chi connectivity index (χ4v) is 2.63. The van der Waals surface area contributed by atoms with Gasteiger partial charge < -0.3 is 20.3 Å². The molecule has 0 saturated carbocycles. The number of nitrogens with one attached hydrogen (secondary N) is 2. The number of anilines is 1. The second kappa shape index (κ2) is 9.57. The molecule has 5 heteroatoms. The average Bonchev–Trinajstić information content (AvgIpc) is 2.62. The smallest absolute Gasteiger partial charge is 0.315 e. The zero-order valence-electron chi connectivity index (χ0n) is 15.2. The molecule has 25 heavy (non-hydrogen) atoms. The molecule has 1 unspecified atom stereocenters. The Balaban J connectivity index is 1.70. The van der Waals surface area contributed by atoms with Crippen molar-refractivity contribution in [2.45, 2.75) is 19.4 Å². The Kier molecular flexibility index (Phi) is 7.14. The summed E-state index contributed by atoms with van der Waals surface area (Å²) < 4.78 is 5.23. The third kappa shape index (κ3) is 6.37. The van der Waals surface area contributed by atoms with Crippen molar-refractivity contribution >= 4 is 11.7 Å². The summed E-state index contributed by atoms with van der Waals surface area (Å²) in [4.78, 5) is 14.1. The molecule has 0 aliphatic heterocycles. The van der Waals surface area contributed by atoms with Crippen molar-refractivity contribution in [1.82, 2.24) is 10.6 Å². The first-order valence-electron chi connectivity index (χ1n) is 8.52. The fourth-order valence-electron chi connectivity index (χ4n) is 2.63. The maximum Gasteiger partial charge on any atom is 0.315 e. The van der Waals surface area contributed by atoms with Crippen molar-refractivity contribution in [3.05, 3.63) is 60.2 Å². The third-order valence-electron chi connectivity index (χ3n) is 3.98. The van der Waals surface area contributed by atoms with E-state index in [9.17, 15) is 4.79 Å². The molecule has 134 valence electrons. The molecule has 2 rings (SSSR count). The van der Waals surface area contributed by atoms with E-state index in [1.165, 1.54) is 0 Å². The van der Waals surface area contributed by atoms with Gasteiger partial charge in [0, 0.05) is 31.9 Å². The van der Waals surface area contributed by atoms with E-state index in [2.05, 4.69) is 27.7 Å². The van der Waals surface area contributed by atoms with Crippen LogP contribution in [0, 0.1) is 0 Å². The normalized spacial score (nSPS) is 11.5. The fraction of sp³-hybridized carbons (Fsp3) is 0.350. The number of carbonyl (C=O) groups is 1. The van der Waals surface area contributed by atoms with Crippen LogP contribution >= 0.6 is 0 Å². The number of hydrogen-bond donors (Lipinski definition) is 2. The summed E-state index contributed by atoms with van der Waals surface area (Å²) in [7, 11) is 3.67. The van der Waals surface area contributed by atoms with Crippen LogP contribution in [0.25, 0.3) is 0 Å². The number of nitrogens with zero attached hydrogens (tertiary/aromatic N) is 1. The van der Waals surface area contributed by atoms with Gasteiger partial charge in [0.15, 0.2) is 0 Å². The highest BCUT2D eigenvalue weighted by Gasteiger charge is 2.08. The van der Waals surface area contributed by atoms with E-state index >= 15 is 0 Å². The van der Waals surface area contributed by atoms with Crippen LogP contribution in [0.3, 0.4) is 0 Å². The van der Waals surface area contributed by atoms with Crippen LogP contribution in [0.1, 0.15) is 12.5 Å². The lowest BCUT2D eigenvalue weighted by molar-refractivity contribution is 0.238. The number of benzene rings is 2. The first-order chi connectivity index (χ1) is 12.1. The molecule has 2 amide bonds. The van der Waals surface area contributed by atoms with E-state index in [0.717, 1.165) is 30.0 Å². The Morgan fingerprint density at radius 1 is 1.16 bits per heavy atom. The molecule has 2 aromatic carbocycles. The number of ether oxygens (including phenoxy) is 1. The second-order valence-corrected chi connectivity index (χ2v) is 6.11. The zero-order chi connectivity index (χ0) is 18.1. The van der Waals surface area contributed by atoms with Gasteiger partial charge in [-0.2, -0.15) is 0 Å². The molecule has 0 radical (unpaired) electrons. The van der Waals surface area contributed by atoms with Crippen molar-refractivity contribution in [2.24, 2.45) is 0 Å². The first kappa shape index (κ1) is 18.6. The topological polar surface area (TPSA) is 53.6 Å². The van der Waals surface area contributed by atoms with Crippen LogP contribution in [0.2, 0.25) is 0 Å². The zero-order valence-corrected chi connectivity index (χ0v) is 15.2. The van der Waals surface area contributed by atoms with Crippen molar-refractivity contribution in [3.63, 3.8) is 0 Å². The van der Waals surface area contributed by atoms with Gasteiger partial charge in [-0.05, 0) is 43.2 Å². The number of amides is 2. The van der Waals surface area contributed by atoms with Gasteiger partial charge in [0.25, 0.3) is 0 Å². The summed E-state index contributed by atoms with van der Waals surface area (Å²) in [5.41, 5.74) is 2.27. The van der Waals surface area contributed by atoms with Crippen molar-refractivity contribution in [1.29, 1.82) is 0 Å². The molecule has 2 aromatic rings. The Hall–Kier alpha value is -2.69. The highest BCUT2D eigenvalue weighted by molar-refractivity contribution is 5.74. The minimum atomic E-state index is -0.142. The number of rotatable bonds is 8. The van der Waals surface area contributed by atoms with Gasteiger partial charge in [-0.25, -0.2) is 4.79 Å². The molecule has 0 fully saturated rings. The molecular weight excluding hydrogens is 314 g/mol. The molecule has 5 nitrogen and oxygen atoms in total. The number of carbonyl (C=O) groups excluding carboxylic acids is 1. The first-order valence-corrected chi connectivity index (χ1v) is 8.52. The van der Waals surface area contributed by atoms with Gasteiger partial charge in [0.05, 0.1) is 7.11 Å². The third-order valence-corrected chi connectivity index (χ3v) is 3.98. The molecule has 0 saturated heterocycles. The van der Waals surface area contributed by atoms with E-state index in [4.69, 9.17) is 4.74 Å². The molecule has 2 N–H and O–H groups in total. The van der Waals surface area contributed by atoms with Gasteiger partial charge in [-0.15, -0.1) is 0 Å². The molecule has 0 heterocycles. The monoisotopic (exact) mass is 341 g/mol. The van der Waals surface area contributed by atoms with Gasteiger partial charge in [0.2, 0.25) is 0 Å². The second-order valence-electron chi connectivity index (χ2n) is 6.11. The number of hydrogen-bond acceptors (Lipinski definition) is 3. The molecule has 0 bridgehead atoms. The van der Waals surface area contributed by atoms with Crippen LogP contribution in [0.4, 0.5) is 10.5 Å². The van der Waals surface area contributed by atoms with E-state index in [0.29, 0.717) is 6.54 Å². The molecule has 0 aliphatic carbocycles. The summed E-state index contributed by atoms with van der Waals surface area (Å²) in [6.45, 7) is 3.33. The van der Waals surface area contributed by atoms with Crippen LogP contribution in [0.5, 0.6) is 5.75 Å². The highest BCUT2D eigenvalue weighted by atomic mass is 16.5. The predicted molar refractivity (Wildman–Crippen MR) is 102 cm³/mol. The lowest BCUT2D eigenvalue weighted by Crippen LogP contribution is -2.44. The number of methoxy groups -OCH3 is 1. The van der Waals surface area contributed by atoms with Gasteiger partial charge in [0.1, 0.15) is 5.75 Å². The van der Waals surface area contributed by atoms with E-state index < -0.39 is 0 Å². The summed E-state index contributed by atoms with van der Waals surface area (Å²) in [6.07, 6.45) is 0.758. The summed E-state index contributed by atoms with van der Waals surface area (Å²) in [5, 5.41) is 5.88. The predicted octanol–water partition coefficient (Wildman–Crippen LogP) is 3.06. The van der Waals surface area contributed by atoms with Crippen LogP contribution in [0.15, 0.2) is 54.6 Å². The standard InChI is InChI=1S/C20H27N3O2/c1-16(14-17-8-7-11-19(15-17)25-3)22-20(24)21-12-13-23(2)18-9-5-4-6-10-18/h4-11,15-16H,12-14H2,1-3H3,(H2,21,22,24). The summed E-state index contributed by atoms with van der Waals surface area (Å²) in [6, 6.07) is 17.9. The summed E-state index contributed by atoms with van der Waals surface area (Å²) in [5.74, 6) is 0.832. The van der Waals surface area contributed by atoms with Crippen LogP contribution in [-0.4, -0.2) is 39.3 Å². The Labute approximate surface area is 150 Å². The molecule has 0 aliphatic rings. The largest absolute Gasteiger partial charge is 0.497 e. The Morgan fingerprint density at radius 2 is 1.92 bits per heavy atom. The van der Waals surface area contributed by atoms with Gasteiger partial charge in [-0.3, -0.25) is 0 Å². The molecule has 1 atom stereocenters. The molecule has 0 spiro atoms. The van der Waals surface area contributed by atoms with Gasteiger partial charge in [-0.1, -0.05) is 30.3 Å². The van der Waals surface area contributed by atoms with E-state index in [1.807, 2.05) is 56.4 Å². The minimum absolute atomic E-state index is 0.0407. The average molecular weight is 341 g/mol. The number of likely N-dealkylation sites (N-methyl/N-ethyl adjacent to an activating group) is 1. The van der Waals surface area contributed by atoms with Crippen molar-refractivity contribution < 1.29 is 9.53 Å². The maximum atomic E-state index is 12.0. The highest BCUT2D eigenvalue weighted by Crippen LogP contribution is 2.14. The van der Waals surface area contributed by atoms with E-state index in [1.54, 1.807) is 7.11 Å². The lowest BCUT2D eigenvalue weighted by atomic mass is 10.1. The van der Waals surface area contributed by atoms with Gasteiger partial charge >= 0.3 is 6.03 Å². The number of urea groups is 1. The van der Waals surface area contributed by atoms with E-state index in [-0.39, 0.29) is 12.1 Å². The Morgan fingerprint density at radius 3 is 2.64 bits per heavy atom. The maximum absolute atomic E-state index is 12.0. The molecule has 0 aromatic heterocycles. The minimum Gasteiger partial charge on any atom is -0.497 e. The molecular formula is C20H27N3O2. The quantitative estimate of drug-likeness (QED) is 0.776.